The number of carbonyl (C=O) groups is 1. The summed E-state index contributed by atoms with van der Waals surface area (Å²) in [6.07, 6.45) is 0.433. The van der Waals surface area contributed by atoms with Crippen LogP contribution in [0.3, 0.4) is 0 Å². The second-order valence-corrected chi connectivity index (χ2v) is 7.79. The fraction of sp³-hybridized carbons (Fsp3) is 0.250. The number of rotatable bonds is 5. The summed E-state index contributed by atoms with van der Waals surface area (Å²) in [5.74, 6) is -0.148. The third-order valence-corrected chi connectivity index (χ3v) is 5.41. The molecule has 7 nitrogen and oxygen atoms in total. The minimum absolute atomic E-state index is 0.148. The summed E-state index contributed by atoms with van der Waals surface area (Å²) in [7, 11) is 1.72. The molecule has 4 aromatic rings. The van der Waals surface area contributed by atoms with Crippen molar-refractivity contribution in [3.05, 3.63) is 81.4 Å². The number of hydrogen-bond acceptors (Lipinski definition) is 4. The molecule has 1 amide bonds. The molecule has 1 N–H and O–H groups in total. The Morgan fingerprint density at radius 2 is 1.74 bits per heavy atom. The maximum Gasteiger partial charge on any atom is 0.273 e. The van der Waals surface area contributed by atoms with Gasteiger partial charge in [0.1, 0.15) is 11.2 Å². The molecule has 0 aliphatic carbocycles. The van der Waals surface area contributed by atoms with Gasteiger partial charge in [0.05, 0.1) is 11.4 Å². The molecule has 0 fully saturated rings. The number of aryl methyl sites for hydroxylation is 5. The van der Waals surface area contributed by atoms with Crippen molar-refractivity contribution < 1.29 is 4.79 Å². The third kappa shape index (κ3) is 3.99. The Kier molecular flexibility index (Phi) is 5.42. The lowest BCUT2D eigenvalue weighted by Gasteiger charge is -2.10. The predicted molar refractivity (Wildman–Crippen MR) is 122 cm³/mol. The number of aromatic nitrogens is 4. The quantitative estimate of drug-likeness (QED) is 0.540. The van der Waals surface area contributed by atoms with Gasteiger partial charge in [0, 0.05) is 25.6 Å². The van der Waals surface area contributed by atoms with E-state index in [0.29, 0.717) is 16.9 Å². The number of amides is 1. The van der Waals surface area contributed by atoms with Crippen molar-refractivity contribution in [3.8, 4) is 5.69 Å². The molecule has 0 atom stereocenters. The molecule has 0 aliphatic heterocycles. The number of para-hydroxylation sites is 1. The lowest BCUT2D eigenvalue weighted by molar-refractivity contribution is -0.116. The van der Waals surface area contributed by atoms with Gasteiger partial charge in [-0.15, -0.1) is 0 Å². The number of fused-ring (bicyclic) bond motifs is 1. The summed E-state index contributed by atoms with van der Waals surface area (Å²) in [5.41, 5.74) is 5.96. The molecule has 158 valence electrons. The summed E-state index contributed by atoms with van der Waals surface area (Å²) < 4.78 is 3.31. The number of hydrogen-bond donors (Lipinski definition) is 1. The first kappa shape index (κ1) is 20.5. The van der Waals surface area contributed by atoms with Gasteiger partial charge in [0.2, 0.25) is 5.91 Å². The van der Waals surface area contributed by atoms with Gasteiger partial charge < -0.3 is 5.32 Å². The summed E-state index contributed by atoms with van der Waals surface area (Å²) in [4.78, 5) is 30.0. The highest BCUT2D eigenvalue weighted by Crippen LogP contribution is 2.20. The van der Waals surface area contributed by atoms with Crippen LogP contribution >= 0.6 is 0 Å². The van der Waals surface area contributed by atoms with Gasteiger partial charge in [-0.1, -0.05) is 35.9 Å². The zero-order chi connectivity index (χ0) is 22.1. The van der Waals surface area contributed by atoms with Gasteiger partial charge >= 0.3 is 0 Å². The molecule has 0 aliphatic rings. The van der Waals surface area contributed by atoms with E-state index in [9.17, 15) is 9.59 Å². The molecule has 2 aromatic carbocycles. The molecule has 0 radical (unpaired) electrons. The van der Waals surface area contributed by atoms with E-state index in [2.05, 4.69) is 15.4 Å². The molecular weight excluding hydrogens is 390 g/mol. The van der Waals surface area contributed by atoms with Gasteiger partial charge in [-0.3, -0.25) is 14.2 Å². The van der Waals surface area contributed by atoms with E-state index in [1.165, 1.54) is 0 Å². The van der Waals surface area contributed by atoms with Gasteiger partial charge in [0.15, 0.2) is 5.65 Å². The van der Waals surface area contributed by atoms with Gasteiger partial charge in [-0.2, -0.15) is 5.10 Å². The predicted octanol–water partition coefficient (Wildman–Crippen LogP) is 3.62. The maximum absolute atomic E-state index is 13.0. The smallest absolute Gasteiger partial charge is 0.273 e. The fourth-order valence-electron chi connectivity index (χ4n) is 3.60. The van der Waals surface area contributed by atoms with Crippen LogP contribution in [0, 0.1) is 20.8 Å². The number of anilines is 1. The minimum Gasteiger partial charge on any atom is -0.326 e. The zero-order valence-corrected chi connectivity index (χ0v) is 18.1. The average molecular weight is 415 g/mol. The van der Waals surface area contributed by atoms with Crippen LogP contribution in [0.15, 0.2) is 53.3 Å². The molecule has 2 heterocycles. The standard InChI is InChI=1S/C24H25N5O2/c1-15-9-11-18(12-10-15)29-23-22(17(3)27-29)26-20(24(31)28(23)4)13-14-21(30)25-19-8-6-5-7-16(19)2/h5-12H,13-14H2,1-4H3,(H,25,30). The first-order valence-corrected chi connectivity index (χ1v) is 10.2. The molecule has 31 heavy (non-hydrogen) atoms. The Labute approximate surface area is 180 Å². The van der Waals surface area contributed by atoms with Crippen LogP contribution in [0.2, 0.25) is 0 Å². The van der Waals surface area contributed by atoms with E-state index in [-0.39, 0.29) is 24.3 Å². The van der Waals surface area contributed by atoms with Crippen molar-refractivity contribution in [1.82, 2.24) is 19.3 Å². The van der Waals surface area contributed by atoms with Crippen molar-refractivity contribution in [2.75, 3.05) is 5.32 Å². The van der Waals surface area contributed by atoms with Crippen LogP contribution in [-0.4, -0.2) is 25.2 Å². The highest BCUT2D eigenvalue weighted by atomic mass is 16.1. The van der Waals surface area contributed by atoms with Crippen molar-refractivity contribution in [2.45, 2.75) is 33.6 Å². The number of nitrogens with zero attached hydrogens (tertiary/aromatic N) is 4. The molecule has 0 unspecified atom stereocenters. The van der Waals surface area contributed by atoms with Crippen LogP contribution in [0.25, 0.3) is 16.9 Å². The zero-order valence-electron chi connectivity index (χ0n) is 18.1. The van der Waals surface area contributed by atoms with Crippen LogP contribution in [-0.2, 0) is 18.3 Å². The molecular formula is C24H25N5O2. The van der Waals surface area contributed by atoms with E-state index in [1.54, 1.807) is 16.3 Å². The molecule has 0 saturated heterocycles. The van der Waals surface area contributed by atoms with Crippen LogP contribution in [0.4, 0.5) is 5.69 Å². The van der Waals surface area contributed by atoms with E-state index < -0.39 is 0 Å². The largest absolute Gasteiger partial charge is 0.326 e. The highest BCUT2D eigenvalue weighted by molar-refractivity contribution is 5.91. The molecule has 0 bridgehead atoms. The van der Waals surface area contributed by atoms with Crippen LogP contribution in [0.1, 0.15) is 28.9 Å². The Morgan fingerprint density at radius 1 is 1.03 bits per heavy atom. The number of benzene rings is 2. The van der Waals surface area contributed by atoms with Gasteiger partial charge in [-0.25, -0.2) is 9.67 Å². The van der Waals surface area contributed by atoms with Crippen LogP contribution in [0.5, 0.6) is 0 Å². The summed E-state index contributed by atoms with van der Waals surface area (Å²) in [6, 6.07) is 15.5. The topological polar surface area (TPSA) is 81.8 Å². The second kappa shape index (κ2) is 8.18. The lowest BCUT2D eigenvalue weighted by atomic mass is 10.2. The van der Waals surface area contributed by atoms with Crippen molar-refractivity contribution in [3.63, 3.8) is 0 Å². The summed E-state index contributed by atoms with van der Waals surface area (Å²) >= 11 is 0. The van der Waals surface area contributed by atoms with Crippen molar-refractivity contribution >= 4 is 22.8 Å². The Hall–Kier alpha value is -3.74. The monoisotopic (exact) mass is 415 g/mol. The van der Waals surface area contributed by atoms with E-state index in [1.807, 2.05) is 69.3 Å². The van der Waals surface area contributed by atoms with Crippen molar-refractivity contribution in [1.29, 1.82) is 0 Å². The average Bonchev–Trinajstić information content (AvgIpc) is 3.08. The lowest BCUT2D eigenvalue weighted by Crippen LogP contribution is -2.25. The normalized spacial score (nSPS) is 11.1. The summed E-state index contributed by atoms with van der Waals surface area (Å²) in [6.45, 7) is 5.84. The number of carbonyl (C=O) groups excluding carboxylic acids is 1. The molecule has 0 spiro atoms. The highest BCUT2D eigenvalue weighted by Gasteiger charge is 2.18. The Bertz CT molecular complexity index is 1330. The molecule has 2 aromatic heterocycles. The Balaban J connectivity index is 1.63. The van der Waals surface area contributed by atoms with Crippen LogP contribution < -0.4 is 10.9 Å². The van der Waals surface area contributed by atoms with Gasteiger partial charge in [-0.05, 0) is 44.5 Å². The summed E-state index contributed by atoms with van der Waals surface area (Å²) in [5, 5.41) is 7.51. The van der Waals surface area contributed by atoms with E-state index >= 15 is 0 Å². The van der Waals surface area contributed by atoms with Gasteiger partial charge in [0.25, 0.3) is 5.56 Å². The van der Waals surface area contributed by atoms with E-state index in [0.717, 1.165) is 28.2 Å². The molecule has 0 saturated carbocycles. The van der Waals surface area contributed by atoms with E-state index in [4.69, 9.17) is 0 Å². The molecule has 4 rings (SSSR count). The second-order valence-electron chi connectivity index (χ2n) is 7.79. The minimum atomic E-state index is -0.218. The molecule has 7 heteroatoms. The maximum atomic E-state index is 13.0. The van der Waals surface area contributed by atoms with Crippen molar-refractivity contribution in [2.24, 2.45) is 7.05 Å². The SMILES string of the molecule is Cc1ccc(-n2nc(C)c3nc(CCC(=O)Nc4ccccc4C)c(=O)n(C)c32)cc1. The first-order valence-electron chi connectivity index (χ1n) is 10.2. The Morgan fingerprint density at radius 3 is 2.45 bits per heavy atom. The first-order chi connectivity index (χ1) is 14.8. The fourth-order valence-corrected chi connectivity index (χ4v) is 3.60. The third-order valence-electron chi connectivity index (χ3n) is 5.41. The number of nitrogens with one attached hydrogen (secondary N) is 1.